The van der Waals surface area contributed by atoms with Crippen molar-refractivity contribution in [2.45, 2.75) is 51.0 Å². The fourth-order valence-corrected chi connectivity index (χ4v) is 5.81. The lowest BCUT2D eigenvalue weighted by molar-refractivity contribution is -0.137. The molecule has 0 aliphatic heterocycles. The average Bonchev–Trinajstić information content (AvgIpc) is 3.88. The van der Waals surface area contributed by atoms with Gasteiger partial charge in [0.2, 0.25) is 5.91 Å². The Hall–Kier alpha value is -3.81. The minimum absolute atomic E-state index is 0.0946. The van der Waals surface area contributed by atoms with Crippen LogP contribution in [0.2, 0.25) is 5.02 Å². The molecule has 1 aliphatic carbocycles. The molecule has 0 atom stereocenters. The van der Waals surface area contributed by atoms with Crippen molar-refractivity contribution in [3.05, 3.63) is 136 Å². The summed E-state index contributed by atoms with van der Waals surface area (Å²) in [5.41, 5.74) is 1.86. The van der Waals surface area contributed by atoms with Gasteiger partial charge in [-0.3, -0.25) is 9.69 Å². The highest BCUT2D eigenvalue weighted by atomic mass is 35.5. The third kappa shape index (κ3) is 7.63. The Morgan fingerprint density at radius 3 is 2.16 bits per heavy atom. The van der Waals surface area contributed by atoms with Gasteiger partial charge in [0.15, 0.2) is 0 Å². The van der Waals surface area contributed by atoms with Gasteiger partial charge in [0.1, 0.15) is 5.75 Å². The zero-order chi connectivity index (χ0) is 31.2. The van der Waals surface area contributed by atoms with Crippen LogP contribution in [0, 0.1) is 5.92 Å². The number of hydrogen-bond acceptors (Lipinski definition) is 3. The molecule has 44 heavy (non-hydrogen) atoms. The molecular formula is C36H36ClF3N2O2. The van der Waals surface area contributed by atoms with Crippen LogP contribution in [0.3, 0.4) is 0 Å². The number of carbonyl (C=O) groups excluding carboxylic acids is 1. The Morgan fingerprint density at radius 2 is 1.55 bits per heavy atom. The van der Waals surface area contributed by atoms with Gasteiger partial charge in [-0.25, -0.2) is 0 Å². The summed E-state index contributed by atoms with van der Waals surface area (Å²) in [6.45, 7) is 3.65. The van der Waals surface area contributed by atoms with Crippen molar-refractivity contribution in [3.63, 3.8) is 0 Å². The largest absolute Gasteiger partial charge is 0.494 e. The number of carbonyl (C=O) groups is 1. The predicted octanol–water partition coefficient (Wildman–Crippen LogP) is 8.62. The highest BCUT2D eigenvalue weighted by Crippen LogP contribution is 2.40. The highest BCUT2D eigenvalue weighted by molar-refractivity contribution is 6.32. The second-order valence-corrected chi connectivity index (χ2v) is 11.7. The van der Waals surface area contributed by atoms with E-state index in [0.29, 0.717) is 37.4 Å². The first kappa shape index (κ1) is 31.6. The van der Waals surface area contributed by atoms with Gasteiger partial charge in [-0.05, 0) is 66.6 Å². The smallest absolute Gasteiger partial charge is 0.417 e. The Bertz CT molecular complexity index is 1500. The van der Waals surface area contributed by atoms with E-state index in [1.54, 1.807) is 6.07 Å². The summed E-state index contributed by atoms with van der Waals surface area (Å²) in [6, 6.07) is 31.7. The molecule has 0 heterocycles. The summed E-state index contributed by atoms with van der Waals surface area (Å²) in [7, 11) is 0. The van der Waals surface area contributed by atoms with E-state index >= 15 is 0 Å². The van der Waals surface area contributed by atoms with Crippen LogP contribution < -0.4 is 10.1 Å². The normalized spacial score (nSPS) is 13.6. The molecule has 0 spiro atoms. The van der Waals surface area contributed by atoms with E-state index < -0.39 is 17.3 Å². The number of amides is 1. The van der Waals surface area contributed by atoms with Crippen molar-refractivity contribution in [2.24, 2.45) is 5.92 Å². The van der Waals surface area contributed by atoms with Gasteiger partial charge < -0.3 is 10.1 Å². The SMILES string of the molecule is CC(c1ccccc1)(c1ccccc1)N(CCCOc1cccc(CNC(=O)C2CC2)c1)Cc1cccc(C(F)(F)F)c1Cl. The third-order valence-electron chi connectivity index (χ3n) is 8.20. The van der Waals surface area contributed by atoms with Crippen LogP contribution in [-0.4, -0.2) is 24.0 Å². The Balaban J connectivity index is 1.37. The topological polar surface area (TPSA) is 41.6 Å². The first-order valence-corrected chi connectivity index (χ1v) is 15.2. The highest BCUT2D eigenvalue weighted by Gasteiger charge is 2.38. The molecule has 0 radical (unpaired) electrons. The standard InChI is InChI=1S/C36H36ClF3N2O2/c1-35(29-13-4-2-5-14-29,30-15-6-3-7-16-30)42(25-28-12-9-18-32(33(28)37)36(38,39)40)21-10-22-44-31-17-8-11-26(23-31)24-41-34(43)27-19-20-27/h2-9,11-18,23,27H,10,19-22,24-25H2,1H3,(H,41,43). The summed E-state index contributed by atoms with van der Waals surface area (Å²) in [5.74, 6) is 0.947. The summed E-state index contributed by atoms with van der Waals surface area (Å²) in [6.07, 6.45) is -2.03. The molecule has 0 saturated heterocycles. The molecule has 1 N–H and O–H groups in total. The van der Waals surface area contributed by atoms with E-state index in [0.717, 1.165) is 35.6 Å². The Kier molecular flexibility index (Phi) is 9.97. The van der Waals surface area contributed by atoms with E-state index in [2.05, 4.69) is 17.1 Å². The molecule has 1 aliphatic rings. The molecule has 230 valence electrons. The number of hydrogen-bond donors (Lipinski definition) is 1. The van der Waals surface area contributed by atoms with Gasteiger partial charge in [0, 0.05) is 25.6 Å². The van der Waals surface area contributed by atoms with E-state index in [-0.39, 0.29) is 23.4 Å². The van der Waals surface area contributed by atoms with E-state index in [1.165, 1.54) is 6.07 Å². The van der Waals surface area contributed by atoms with Crippen LogP contribution in [0.5, 0.6) is 5.75 Å². The average molecular weight is 621 g/mol. The van der Waals surface area contributed by atoms with Crippen molar-refractivity contribution >= 4 is 17.5 Å². The van der Waals surface area contributed by atoms with Gasteiger partial charge in [0.05, 0.1) is 22.7 Å². The first-order chi connectivity index (χ1) is 21.2. The molecule has 4 nitrogen and oxygen atoms in total. The van der Waals surface area contributed by atoms with Gasteiger partial charge in [-0.15, -0.1) is 0 Å². The number of halogens is 4. The lowest BCUT2D eigenvalue weighted by Crippen LogP contribution is -2.45. The molecule has 5 rings (SSSR count). The van der Waals surface area contributed by atoms with Crippen LogP contribution in [0.1, 0.15) is 54.0 Å². The van der Waals surface area contributed by atoms with Crippen molar-refractivity contribution < 1.29 is 22.7 Å². The molecule has 4 aromatic carbocycles. The van der Waals surface area contributed by atoms with Gasteiger partial charge in [-0.2, -0.15) is 13.2 Å². The van der Waals surface area contributed by atoms with Crippen LogP contribution in [0.15, 0.2) is 103 Å². The number of alkyl halides is 3. The summed E-state index contributed by atoms with van der Waals surface area (Å²) >= 11 is 6.40. The lowest BCUT2D eigenvalue weighted by Gasteiger charge is -2.43. The Labute approximate surface area is 261 Å². The maximum Gasteiger partial charge on any atom is 0.417 e. The van der Waals surface area contributed by atoms with E-state index in [4.69, 9.17) is 16.3 Å². The number of nitrogens with zero attached hydrogens (tertiary/aromatic N) is 1. The molecule has 8 heteroatoms. The number of benzene rings is 4. The molecule has 0 bridgehead atoms. The molecule has 4 aromatic rings. The number of nitrogens with one attached hydrogen (secondary N) is 1. The van der Waals surface area contributed by atoms with Gasteiger partial charge >= 0.3 is 6.18 Å². The maximum absolute atomic E-state index is 13.8. The molecule has 1 fully saturated rings. The number of ether oxygens (including phenoxy) is 1. The molecular weight excluding hydrogens is 585 g/mol. The predicted molar refractivity (Wildman–Crippen MR) is 167 cm³/mol. The third-order valence-corrected chi connectivity index (χ3v) is 8.65. The fourth-order valence-electron chi connectivity index (χ4n) is 5.51. The van der Waals surface area contributed by atoms with Crippen molar-refractivity contribution in [1.29, 1.82) is 0 Å². The van der Waals surface area contributed by atoms with Crippen LogP contribution >= 0.6 is 11.6 Å². The quantitative estimate of drug-likeness (QED) is 0.152. The molecule has 0 aromatic heterocycles. The number of rotatable bonds is 13. The molecule has 1 amide bonds. The molecule has 1 saturated carbocycles. The Morgan fingerprint density at radius 1 is 0.909 bits per heavy atom. The first-order valence-electron chi connectivity index (χ1n) is 14.9. The minimum atomic E-state index is -4.55. The van der Waals surface area contributed by atoms with Crippen LogP contribution in [0.25, 0.3) is 0 Å². The maximum atomic E-state index is 13.8. The summed E-state index contributed by atoms with van der Waals surface area (Å²) in [4.78, 5) is 14.2. The monoisotopic (exact) mass is 620 g/mol. The van der Waals surface area contributed by atoms with Crippen molar-refractivity contribution in [1.82, 2.24) is 10.2 Å². The second kappa shape index (κ2) is 13.9. The fraction of sp³-hybridized carbons (Fsp3) is 0.306. The zero-order valence-electron chi connectivity index (χ0n) is 24.6. The summed E-state index contributed by atoms with van der Waals surface area (Å²) < 4.78 is 47.4. The second-order valence-electron chi connectivity index (χ2n) is 11.3. The minimum Gasteiger partial charge on any atom is -0.494 e. The van der Waals surface area contributed by atoms with Crippen LogP contribution in [0.4, 0.5) is 13.2 Å². The van der Waals surface area contributed by atoms with Crippen LogP contribution in [-0.2, 0) is 29.6 Å². The van der Waals surface area contributed by atoms with Crippen molar-refractivity contribution in [3.8, 4) is 5.75 Å². The molecule has 0 unspecified atom stereocenters. The zero-order valence-corrected chi connectivity index (χ0v) is 25.4. The van der Waals surface area contributed by atoms with Gasteiger partial charge in [0.25, 0.3) is 0 Å². The van der Waals surface area contributed by atoms with Gasteiger partial charge in [-0.1, -0.05) is 96.5 Å². The summed E-state index contributed by atoms with van der Waals surface area (Å²) in [5, 5.41) is 2.69. The van der Waals surface area contributed by atoms with E-state index in [9.17, 15) is 18.0 Å². The lowest BCUT2D eigenvalue weighted by atomic mass is 9.82. The van der Waals surface area contributed by atoms with Crippen molar-refractivity contribution in [2.75, 3.05) is 13.2 Å². The van der Waals surface area contributed by atoms with E-state index in [1.807, 2.05) is 84.9 Å².